The smallest absolute Gasteiger partial charge is 0.265 e. The molecule has 1 aliphatic heterocycles. The Labute approximate surface area is 114 Å². The molecular formula is C12H16BrN3O2. The Hall–Kier alpha value is -0.950. The first-order chi connectivity index (χ1) is 8.70. The predicted molar refractivity (Wildman–Crippen MR) is 71.9 cm³/mol. The highest BCUT2D eigenvalue weighted by atomic mass is 79.9. The topological polar surface area (TPSA) is 67.6 Å². The van der Waals surface area contributed by atoms with Crippen molar-refractivity contribution in [2.45, 2.75) is 6.54 Å². The molecule has 0 atom stereocenters. The Balaban J connectivity index is 2.07. The number of rotatable bonds is 3. The molecule has 1 aromatic rings. The quantitative estimate of drug-likeness (QED) is 0.494. The molecule has 1 aromatic carbocycles. The van der Waals surface area contributed by atoms with Crippen molar-refractivity contribution >= 4 is 21.8 Å². The van der Waals surface area contributed by atoms with Crippen molar-refractivity contribution < 1.29 is 9.53 Å². The zero-order valence-corrected chi connectivity index (χ0v) is 11.6. The van der Waals surface area contributed by atoms with E-state index in [2.05, 4.69) is 26.3 Å². The molecule has 0 unspecified atom stereocenters. The zero-order chi connectivity index (χ0) is 13.0. The lowest BCUT2D eigenvalue weighted by Gasteiger charge is -2.27. The summed E-state index contributed by atoms with van der Waals surface area (Å²) in [7, 11) is 0. The normalized spacial score (nSPS) is 16.6. The molecule has 1 amide bonds. The summed E-state index contributed by atoms with van der Waals surface area (Å²) in [6, 6.07) is 5.52. The van der Waals surface area contributed by atoms with Crippen LogP contribution in [0, 0.1) is 0 Å². The molecule has 2 rings (SSSR count). The number of nitrogens with zero attached hydrogens (tertiary/aromatic N) is 1. The van der Waals surface area contributed by atoms with E-state index in [-0.39, 0.29) is 5.91 Å². The summed E-state index contributed by atoms with van der Waals surface area (Å²) in [5.74, 6) is 4.82. The number of ether oxygens (including phenoxy) is 1. The molecule has 6 heteroatoms. The van der Waals surface area contributed by atoms with Gasteiger partial charge in [0.05, 0.1) is 13.2 Å². The average molecular weight is 314 g/mol. The number of carbonyl (C=O) groups is 1. The highest BCUT2D eigenvalue weighted by molar-refractivity contribution is 9.10. The molecule has 1 saturated heterocycles. The molecule has 0 aromatic heterocycles. The second-order valence-electron chi connectivity index (χ2n) is 4.17. The van der Waals surface area contributed by atoms with E-state index in [1.165, 1.54) is 0 Å². The van der Waals surface area contributed by atoms with Gasteiger partial charge in [0.1, 0.15) is 0 Å². The van der Waals surface area contributed by atoms with Gasteiger partial charge in [0.2, 0.25) is 0 Å². The maximum atomic E-state index is 11.4. The number of morpholine rings is 1. The summed E-state index contributed by atoms with van der Waals surface area (Å²) >= 11 is 3.49. The van der Waals surface area contributed by atoms with Gasteiger partial charge in [-0.15, -0.1) is 0 Å². The van der Waals surface area contributed by atoms with Crippen molar-refractivity contribution in [2.75, 3.05) is 26.3 Å². The van der Waals surface area contributed by atoms with Gasteiger partial charge in [0.25, 0.3) is 5.91 Å². The van der Waals surface area contributed by atoms with Gasteiger partial charge in [-0.3, -0.25) is 15.1 Å². The van der Waals surface area contributed by atoms with Crippen LogP contribution in [0.2, 0.25) is 0 Å². The molecule has 0 radical (unpaired) electrons. The van der Waals surface area contributed by atoms with Crippen molar-refractivity contribution in [3.8, 4) is 0 Å². The van der Waals surface area contributed by atoms with Crippen molar-refractivity contribution in [1.29, 1.82) is 0 Å². The van der Waals surface area contributed by atoms with E-state index in [0.717, 1.165) is 42.9 Å². The SMILES string of the molecule is NNC(=O)c1ccc(CN2CCOCC2)c(Br)c1. The third-order valence-corrected chi connectivity index (χ3v) is 3.68. The zero-order valence-electron chi connectivity index (χ0n) is 9.99. The summed E-state index contributed by atoms with van der Waals surface area (Å²) < 4.78 is 6.24. The molecule has 3 N–H and O–H groups in total. The first kappa shape index (κ1) is 13.5. The van der Waals surface area contributed by atoms with E-state index in [1.807, 2.05) is 6.07 Å². The molecule has 0 saturated carbocycles. The number of amides is 1. The molecule has 0 spiro atoms. The van der Waals surface area contributed by atoms with Crippen molar-refractivity contribution in [1.82, 2.24) is 10.3 Å². The van der Waals surface area contributed by atoms with Gasteiger partial charge >= 0.3 is 0 Å². The second-order valence-corrected chi connectivity index (χ2v) is 5.02. The number of benzene rings is 1. The lowest BCUT2D eigenvalue weighted by Crippen LogP contribution is -2.35. The number of hydrogen-bond acceptors (Lipinski definition) is 4. The van der Waals surface area contributed by atoms with E-state index >= 15 is 0 Å². The van der Waals surface area contributed by atoms with Gasteiger partial charge < -0.3 is 4.74 Å². The largest absolute Gasteiger partial charge is 0.379 e. The van der Waals surface area contributed by atoms with Crippen molar-refractivity contribution in [3.63, 3.8) is 0 Å². The number of nitrogens with two attached hydrogens (primary N) is 1. The fourth-order valence-corrected chi connectivity index (χ4v) is 2.40. The summed E-state index contributed by atoms with van der Waals surface area (Å²) in [5, 5.41) is 0. The number of nitrogen functional groups attached to an aromatic ring is 1. The number of carbonyl (C=O) groups excluding carboxylic acids is 1. The first-order valence-electron chi connectivity index (χ1n) is 5.80. The highest BCUT2D eigenvalue weighted by Gasteiger charge is 2.13. The minimum atomic E-state index is -0.284. The Morgan fingerprint density at radius 2 is 2.17 bits per heavy atom. The minimum absolute atomic E-state index is 0.284. The van der Waals surface area contributed by atoms with E-state index in [1.54, 1.807) is 12.1 Å². The molecule has 5 nitrogen and oxygen atoms in total. The molecular weight excluding hydrogens is 298 g/mol. The second kappa shape index (κ2) is 6.29. The van der Waals surface area contributed by atoms with Crippen LogP contribution in [-0.2, 0) is 11.3 Å². The fourth-order valence-electron chi connectivity index (χ4n) is 1.90. The Morgan fingerprint density at radius 1 is 1.44 bits per heavy atom. The predicted octanol–water partition coefficient (Wildman–Crippen LogP) is 0.885. The van der Waals surface area contributed by atoms with Crippen LogP contribution >= 0.6 is 15.9 Å². The minimum Gasteiger partial charge on any atom is -0.379 e. The molecule has 18 heavy (non-hydrogen) atoms. The van der Waals surface area contributed by atoms with E-state index in [0.29, 0.717) is 5.56 Å². The van der Waals surface area contributed by atoms with Gasteiger partial charge in [-0.1, -0.05) is 22.0 Å². The highest BCUT2D eigenvalue weighted by Crippen LogP contribution is 2.20. The number of hydrazine groups is 1. The molecule has 1 heterocycles. The van der Waals surface area contributed by atoms with Crippen LogP contribution in [0.25, 0.3) is 0 Å². The van der Waals surface area contributed by atoms with Gasteiger partial charge in [0, 0.05) is 29.7 Å². The number of nitrogens with one attached hydrogen (secondary N) is 1. The molecule has 1 fully saturated rings. The van der Waals surface area contributed by atoms with Crippen LogP contribution in [-0.4, -0.2) is 37.1 Å². The maximum absolute atomic E-state index is 11.4. The average Bonchev–Trinajstić information content (AvgIpc) is 2.41. The number of halogens is 1. The van der Waals surface area contributed by atoms with Crippen LogP contribution in [0.5, 0.6) is 0 Å². The summed E-state index contributed by atoms with van der Waals surface area (Å²) in [5.41, 5.74) is 3.83. The van der Waals surface area contributed by atoms with Crippen molar-refractivity contribution in [3.05, 3.63) is 33.8 Å². The lowest BCUT2D eigenvalue weighted by atomic mass is 10.1. The van der Waals surface area contributed by atoms with Crippen LogP contribution < -0.4 is 11.3 Å². The van der Waals surface area contributed by atoms with Gasteiger partial charge in [-0.2, -0.15) is 0 Å². The van der Waals surface area contributed by atoms with Crippen LogP contribution in [0.1, 0.15) is 15.9 Å². The number of hydrogen-bond donors (Lipinski definition) is 2. The monoisotopic (exact) mass is 313 g/mol. The maximum Gasteiger partial charge on any atom is 0.265 e. The van der Waals surface area contributed by atoms with Crippen LogP contribution in [0.4, 0.5) is 0 Å². The summed E-state index contributed by atoms with van der Waals surface area (Å²) in [6.07, 6.45) is 0. The van der Waals surface area contributed by atoms with E-state index < -0.39 is 0 Å². The van der Waals surface area contributed by atoms with Crippen LogP contribution in [0.3, 0.4) is 0 Å². The third kappa shape index (κ3) is 3.29. The van der Waals surface area contributed by atoms with E-state index in [4.69, 9.17) is 10.6 Å². The third-order valence-electron chi connectivity index (χ3n) is 2.94. The lowest BCUT2D eigenvalue weighted by molar-refractivity contribution is 0.0341. The summed E-state index contributed by atoms with van der Waals surface area (Å²) in [4.78, 5) is 13.7. The standard InChI is InChI=1S/C12H16BrN3O2/c13-11-7-9(12(17)15-14)1-2-10(11)8-16-3-5-18-6-4-16/h1-2,7H,3-6,8,14H2,(H,15,17). The Kier molecular flexibility index (Phi) is 4.71. The van der Waals surface area contributed by atoms with E-state index in [9.17, 15) is 4.79 Å². The van der Waals surface area contributed by atoms with Crippen molar-refractivity contribution in [2.24, 2.45) is 5.84 Å². The van der Waals surface area contributed by atoms with Gasteiger partial charge in [-0.25, -0.2) is 5.84 Å². The molecule has 1 aliphatic rings. The Morgan fingerprint density at radius 3 is 2.78 bits per heavy atom. The molecule has 0 aliphatic carbocycles. The Bertz CT molecular complexity index is 433. The molecule has 98 valence electrons. The fraction of sp³-hybridized carbons (Fsp3) is 0.417. The summed E-state index contributed by atoms with van der Waals surface area (Å²) in [6.45, 7) is 4.31. The van der Waals surface area contributed by atoms with Gasteiger partial charge in [-0.05, 0) is 17.7 Å². The van der Waals surface area contributed by atoms with Crippen LogP contribution in [0.15, 0.2) is 22.7 Å². The van der Waals surface area contributed by atoms with Gasteiger partial charge in [0.15, 0.2) is 0 Å². The molecule has 0 bridgehead atoms. The first-order valence-corrected chi connectivity index (χ1v) is 6.59.